The largest absolute Gasteiger partial charge is 0.463 e. The van der Waals surface area contributed by atoms with Gasteiger partial charge in [0.25, 0.3) is 13.9 Å². The number of nitrogens with one attached hydrogen (secondary N) is 1. The number of hydrogen-bond acceptors (Lipinski definition) is 9. The summed E-state index contributed by atoms with van der Waals surface area (Å²) in [4.78, 5) is 51.3. The molecule has 0 spiro atoms. The van der Waals surface area contributed by atoms with Gasteiger partial charge in [-0.25, -0.2) is 4.79 Å². The van der Waals surface area contributed by atoms with Gasteiger partial charge < -0.3 is 23.4 Å². The molecular formula is C31H38N2O9Si. The molecule has 0 amide bonds. The zero-order chi connectivity index (χ0) is 31.4. The van der Waals surface area contributed by atoms with Crippen molar-refractivity contribution in [1.82, 2.24) is 9.55 Å². The van der Waals surface area contributed by atoms with Gasteiger partial charge in [-0.05, 0) is 15.4 Å². The molecule has 0 saturated carbocycles. The smallest absolute Gasteiger partial charge is 0.330 e. The van der Waals surface area contributed by atoms with Gasteiger partial charge in [0, 0.05) is 33.2 Å². The highest BCUT2D eigenvalue weighted by Crippen LogP contribution is 2.43. The average molecular weight is 611 g/mol. The second kappa shape index (κ2) is 12.8. The highest BCUT2D eigenvalue weighted by molar-refractivity contribution is 6.99. The van der Waals surface area contributed by atoms with Gasteiger partial charge in [-0.3, -0.25) is 23.9 Å². The topological polar surface area (TPSA) is 135 Å². The van der Waals surface area contributed by atoms with E-state index in [4.69, 9.17) is 23.4 Å². The van der Waals surface area contributed by atoms with E-state index in [1.54, 1.807) is 0 Å². The van der Waals surface area contributed by atoms with Crippen molar-refractivity contribution in [2.24, 2.45) is 0 Å². The maximum absolute atomic E-state index is 12.9. The van der Waals surface area contributed by atoms with Crippen molar-refractivity contribution < 1.29 is 33.0 Å². The van der Waals surface area contributed by atoms with E-state index in [2.05, 4.69) is 25.8 Å². The Hall–Kier alpha value is -3.84. The van der Waals surface area contributed by atoms with Crippen LogP contribution in [0.5, 0.6) is 0 Å². The molecule has 43 heavy (non-hydrogen) atoms. The molecule has 1 aliphatic rings. The Kier molecular flexibility index (Phi) is 9.55. The van der Waals surface area contributed by atoms with Crippen LogP contribution in [0.1, 0.15) is 40.8 Å². The number of benzene rings is 2. The lowest BCUT2D eigenvalue weighted by molar-refractivity contribution is -0.175. The van der Waals surface area contributed by atoms with E-state index in [1.165, 1.54) is 27.2 Å². The summed E-state index contributed by atoms with van der Waals surface area (Å²) in [5, 5.41) is 1.62. The number of hydrogen-bond donors (Lipinski definition) is 1. The molecule has 1 N–H and O–H groups in total. The van der Waals surface area contributed by atoms with Crippen molar-refractivity contribution in [3.63, 3.8) is 0 Å². The highest BCUT2D eigenvalue weighted by atomic mass is 28.4. The van der Waals surface area contributed by atoms with Crippen LogP contribution >= 0.6 is 0 Å². The number of aromatic amines is 1. The number of aromatic nitrogens is 2. The number of rotatable bonds is 10. The molecule has 0 bridgehead atoms. The Morgan fingerprint density at radius 2 is 1.51 bits per heavy atom. The number of H-pyrrole nitrogens is 1. The summed E-state index contributed by atoms with van der Waals surface area (Å²) in [6.45, 7) is 8.36. The first-order chi connectivity index (χ1) is 20.3. The van der Waals surface area contributed by atoms with Crippen LogP contribution in [0.2, 0.25) is 5.04 Å². The van der Waals surface area contributed by atoms with Crippen LogP contribution in [0, 0.1) is 0 Å². The molecule has 1 saturated heterocycles. The minimum atomic E-state index is -3.14. The Morgan fingerprint density at radius 1 is 0.930 bits per heavy atom. The first-order valence-corrected chi connectivity index (χ1v) is 15.8. The molecule has 0 aliphatic carbocycles. The van der Waals surface area contributed by atoms with Crippen LogP contribution in [-0.2, 0) is 33.0 Å². The fourth-order valence-electron chi connectivity index (χ4n) is 5.82. The molecule has 230 valence electrons. The summed E-state index contributed by atoms with van der Waals surface area (Å²) < 4.78 is 31.9. The van der Waals surface area contributed by atoms with Gasteiger partial charge in [-0.1, -0.05) is 81.4 Å². The van der Waals surface area contributed by atoms with Crippen molar-refractivity contribution in [2.45, 2.75) is 63.7 Å². The highest BCUT2D eigenvalue weighted by Gasteiger charge is 2.61. The van der Waals surface area contributed by atoms with Crippen molar-refractivity contribution in [3.8, 4) is 0 Å². The lowest BCUT2D eigenvalue weighted by Gasteiger charge is -2.45. The molecule has 2 heterocycles. The molecule has 1 aliphatic heterocycles. The molecule has 0 unspecified atom stereocenters. The molecule has 2 aromatic carbocycles. The van der Waals surface area contributed by atoms with Crippen molar-refractivity contribution in [3.05, 3.63) is 93.8 Å². The Balaban J connectivity index is 1.89. The van der Waals surface area contributed by atoms with Crippen LogP contribution in [0.3, 0.4) is 0 Å². The predicted molar refractivity (Wildman–Crippen MR) is 161 cm³/mol. The lowest BCUT2D eigenvalue weighted by Crippen LogP contribution is -2.68. The number of methoxy groups -OCH3 is 1. The Bertz CT molecular complexity index is 1490. The van der Waals surface area contributed by atoms with Crippen molar-refractivity contribution >= 4 is 30.6 Å². The summed E-state index contributed by atoms with van der Waals surface area (Å²) in [5.74, 6) is -1.22. The second-order valence-electron chi connectivity index (χ2n) is 11.6. The zero-order valence-corrected chi connectivity index (χ0v) is 26.2. The van der Waals surface area contributed by atoms with E-state index < -0.39 is 60.6 Å². The first kappa shape index (κ1) is 32.1. The molecule has 4 atom stereocenters. The van der Waals surface area contributed by atoms with E-state index in [0.29, 0.717) is 0 Å². The van der Waals surface area contributed by atoms with Crippen LogP contribution in [0.15, 0.2) is 82.5 Å². The van der Waals surface area contributed by atoms with Gasteiger partial charge in [-0.15, -0.1) is 0 Å². The molecule has 11 nitrogen and oxygen atoms in total. The molecule has 4 rings (SSSR count). The maximum Gasteiger partial charge on any atom is 0.330 e. The van der Waals surface area contributed by atoms with Crippen LogP contribution < -0.4 is 21.6 Å². The Labute approximate surface area is 250 Å². The van der Waals surface area contributed by atoms with Crippen LogP contribution in [0.25, 0.3) is 0 Å². The average Bonchev–Trinajstić information content (AvgIpc) is 3.25. The third kappa shape index (κ3) is 6.42. The third-order valence-electron chi connectivity index (χ3n) is 7.60. The third-order valence-corrected chi connectivity index (χ3v) is 12.6. The monoisotopic (exact) mass is 610 g/mol. The van der Waals surface area contributed by atoms with E-state index in [-0.39, 0.29) is 13.2 Å². The van der Waals surface area contributed by atoms with Gasteiger partial charge in [0.15, 0.2) is 17.9 Å². The molecule has 1 aromatic heterocycles. The minimum Gasteiger partial charge on any atom is -0.463 e. The van der Waals surface area contributed by atoms with Crippen molar-refractivity contribution in [1.29, 1.82) is 0 Å². The fourth-order valence-corrected chi connectivity index (χ4v) is 10.4. The van der Waals surface area contributed by atoms with Gasteiger partial charge >= 0.3 is 17.6 Å². The van der Waals surface area contributed by atoms with Crippen molar-refractivity contribution in [2.75, 3.05) is 20.3 Å². The molecule has 3 aromatic rings. The number of nitrogens with zero attached hydrogens (tertiary/aromatic N) is 1. The van der Waals surface area contributed by atoms with Gasteiger partial charge in [0.2, 0.25) is 0 Å². The quantitative estimate of drug-likeness (QED) is 0.270. The van der Waals surface area contributed by atoms with Gasteiger partial charge in [0.05, 0.1) is 6.61 Å². The zero-order valence-electron chi connectivity index (χ0n) is 25.2. The Morgan fingerprint density at radius 3 is 1.98 bits per heavy atom. The second-order valence-corrected chi connectivity index (χ2v) is 15.9. The summed E-state index contributed by atoms with van der Waals surface area (Å²) >= 11 is 0. The molecule has 1 fully saturated rings. The van der Waals surface area contributed by atoms with E-state index in [0.717, 1.165) is 21.0 Å². The standard InChI is InChI=1S/C31H38N2O9Si/c1-21(34)39-19-31(27(38-6)26(41-22(2)35)28(42-31)33-18-17-25(36)32-29(33)37)20-40-43(30(3,4)5,23-13-9-7-10-14-23)24-15-11-8-12-16-24/h7-18,26-28H,19-20H2,1-6H3,(H,32,36,37)/t26-,27+,28-,31-/m1/s1. The SMILES string of the molecule is CO[C@H]1[C@@H](OC(C)=O)[C@H](n2ccc(=O)[nH]c2=O)O[C@]1(COC(C)=O)CO[Si](c1ccccc1)(c1ccccc1)C(C)(C)C. The minimum absolute atomic E-state index is 0.154. The lowest BCUT2D eigenvalue weighted by atomic mass is 9.96. The number of ether oxygens (including phenoxy) is 4. The van der Waals surface area contributed by atoms with Crippen LogP contribution in [-0.4, -0.2) is 67.9 Å². The first-order valence-electron chi connectivity index (χ1n) is 13.9. The molecule has 0 radical (unpaired) electrons. The van der Waals surface area contributed by atoms with E-state index >= 15 is 0 Å². The predicted octanol–water partition coefficient (Wildman–Crippen LogP) is 1.89. The molecule has 12 heteroatoms. The van der Waals surface area contributed by atoms with Gasteiger partial charge in [-0.2, -0.15) is 0 Å². The summed E-state index contributed by atoms with van der Waals surface area (Å²) in [7, 11) is -1.73. The maximum atomic E-state index is 12.9. The van der Waals surface area contributed by atoms with E-state index in [1.807, 2.05) is 60.7 Å². The van der Waals surface area contributed by atoms with Gasteiger partial charge in [0.1, 0.15) is 12.7 Å². The number of carbonyl (C=O) groups is 2. The fraction of sp³-hybridized carbons (Fsp3) is 0.419. The molecular weight excluding hydrogens is 572 g/mol. The summed E-state index contributed by atoms with van der Waals surface area (Å²) in [5.41, 5.74) is -2.91. The van der Waals surface area contributed by atoms with E-state index in [9.17, 15) is 19.2 Å². The summed E-state index contributed by atoms with van der Waals surface area (Å²) in [6, 6.07) is 21.0. The summed E-state index contributed by atoms with van der Waals surface area (Å²) in [6.07, 6.45) is -2.20. The number of esters is 2. The van der Waals surface area contributed by atoms with Crippen LogP contribution in [0.4, 0.5) is 0 Å². The number of carbonyl (C=O) groups excluding carboxylic acids is 2. The normalized spacial score (nSPS) is 22.2.